The van der Waals surface area contributed by atoms with Gasteiger partial charge in [0.15, 0.2) is 0 Å². The summed E-state index contributed by atoms with van der Waals surface area (Å²) in [5, 5.41) is 4.64. The highest BCUT2D eigenvalue weighted by Gasteiger charge is 1.85. The molecule has 0 radical (unpaired) electrons. The number of nitrogens with one attached hydrogen (secondary N) is 2. The molecular weight excluding hydrogens is 304 g/mol. The van der Waals surface area contributed by atoms with Crippen molar-refractivity contribution in [3.05, 3.63) is 0 Å². The molecular formula is C11H26N2O5S2. The molecule has 0 bridgehead atoms. The Hall–Kier alpha value is -1.09. The Kier molecular flexibility index (Phi) is 36.1. The monoisotopic (exact) mass is 330 g/mol. The molecule has 0 saturated carbocycles. The lowest BCUT2D eigenvalue weighted by atomic mass is 10.7. The van der Waals surface area contributed by atoms with Crippen LogP contribution in [0.5, 0.6) is 0 Å². The van der Waals surface area contributed by atoms with Gasteiger partial charge < -0.3 is 20.1 Å². The molecule has 9 heteroatoms. The van der Waals surface area contributed by atoms with Crippen LogP contribution >= 0.6 is 21.6 Å². The smallest absolute Gasteiger partial charge is 0.406 e. The lowest BCUT2D eigenvalue weighted by Gasteiger charge is -1.90. The number of ether oxygens (including phenoxy) is 2. The molecule has 0 saturated heterocycles. The molecule has 0 aromatic rings. The van der Waals surface area contributed by atoms with Crippen LogP contribution < -0.4 is 10.6 Å². The van der Waals surface area contributed by atoms with Crippen LogP contribution in [0.2, 0.25) is 0 Å². The topological polar surface area (TPSA) is 93.7 Å². The quantitative estimate of drug-likeness (QED) is 0.556. The Labute approximate surface area is 129 Å². The number of hydrogen-bond donors (Lipinski definition) is 2. The minimum absolute atomic E-state index is 0.00463. The van der Waals surface area contributed by atoms with E-state index in [9.17, 15) is 14.4 Å². The maximum Gasteiger partial charge on any atom is 0.406 e. The van der Waals surface area contributed by atoms with E-state index in [1.807, 2.05) is 0 Å². The van der Waals surface area contributed by atoms with Crippen LogP contribution in [0.15, 0.2) is 0 Å². The van der Waals surface area contributed by atoms with Crippen molar-refractivity contribution in [3.63, 3.8) is 0 Å². The van der Waals surface area contributed by atoms with Gasteiger partial charge in [-0.3, -0.25) is 9.59 Å². The molecule has 0 aliphatic rings. The number of rotatable bonds is 1. The SMILES string of the molecule is CNC(=O)OC.CNC(C)=O.COC(C)=O.CSSC. The first-order valence-electron chi connectivity index (χ1n) is 5.32. The summed E-state index contributed by atoms with van der Waals surface area (Å²) in [6.07, 6.45) is 3.71. The van der Waals surface area contributed by atoms with Gasteiger partial charge in [0.25, 0.3) is 0 Å². The number of hydrogen-bond acceptors (Lipinski definition) is 7. The highest BCUT2D eigenvalue weighted by Crippen LogP contribution is 2.09. The van der Waals surface area contributed by atoms with Crippen molar-refractivity contribution in [2.24, 2.45) is 0 Å². The average molecular weight is 330 g/mol. The van der Waals surface area contributed by atoms with Crippen LogP contribution in [-0.2, 0) is 19.1 Å². The largest absolute Gasteiger partial charge is 0.469 e. The van der Waals surface area contributed by atoms with Crippen molar-refractivity contribution in [2.75, 3.05) is 40.8 Å². The van der Waals surface area contributed by atoms with Crippen molar-refractivity contribution < 1.29 is 23.9 Å². The molecule has 0 aromatic carbocycles. The molecule has 7 nitrogen and oxygen atoms in total. The van der Waals surface area contributed by atoms with Gasteiger partial charge in [-0.15, -0.1) is 0 Å². The highest BCUT2D eigenvalue weighted by atomic mass is 33.1. The summed E-state index contributed by atoms with van der Waals surface area (Å²) in [6.45, 7) is 2.83. The van der Waals surface area contributed by atoms with E-state index in [-0.39, 0.29) is 11.9 Å². The van der Waals surface area contributed by atoms with Crippen LogP contribution in [0.25, 0.3) is 0 Å². The van der Waals surface area contributed by atoms with Gasteiger partial charge in [0.2, 0.25) is 5.91 Å². The summed E-state index contributed by atoms with van der Waals surface area (Å²) in [7, 11) is 9.32. The summed E-state index contributed by atoms with van der Waals surface area (Å²) in [6, 6.07) is 0. The molecule has 0 spiro atoms. The summed E-state index contributed by atoms with van der Waals surface area (Å²) in [5.74, 6) is -0.241. The molecule has 0 rings (SSSR count). The summed E-state index contributed by atoms with van der Waals surface area (Å²) in [4.78, 5) is 29.1. The van der Waals surface area contributed by atoms with Gasteiger partial charge in [0.1, 0.15) is 0 Å². The van der Waals surface area contributed by atoms with Crippen molar-refractivity contribution in [1.29, 1.82) is 0 Å². The molecule has 122 valence electrons. The van der Waals surface area contributed by atoms with E-state index in [1.165, 1.54) is 35.1 Å². The number of esters is 1. The average Bonchev–Trinajstić information content (AvgIpc) is 2.47. The predicted molar refractivity (Wildman–Crippen MR) is 85.9 cm³/mol. The molecule has 2 N–H and O–H groups in total. The Balaban J connectivity index is -0.0000000862. The van der Waals surface area contributed by atoms with Gasteiger partial charge in [-0.25, -0.2) is 4.79 Å². The Morgan fingerprint density at radius 1 is 0.850 bits per heavy atom. The second-order valence-electron chi connectivity index (χ2n) is 2.58. The first-order chi connectivity index (χ1) is 9.26. The molecule has 0 heterocycles. The van der Waals surface area contributed by atoms with E-state index in [4.69, 9.17) is 0 Å². The molecule has 0 atom stereocenters. The fourth-order valence-corrected chi connectivity index (χ4v) is 0.102. The summed E-state index contributed by atoms with van der Waals surface area (Å²) < 4.78 is 8.26. The van der Waals surface area contributed by atoms with Gasteiger partial charge in [-0.2, -0.15) is 0 Å². The second kappa shape index (κ2) is 26.5. The highest BCUT2D eigenvalue weighted by molar-refractivity contribution is 8.76. The molecule has 2 amide bonds. The van der Waals surface area contributed by atoms with Crippen LogP contribution in [-0.4, -0.2) is 58.8 Å². The third-order valence-electron chi connectivity index (χ3n) is 1.20. The van der Waals surface area contributed by atoms with Crippen molar-refractivity contribution >= 4 is 39.6 Å². The molecule has 0 aliphatic carbocycles. The van der Waals surface area contributed by atoms with Gasteiger partial charge in [0.05, 0.1) is 14.2 Å². The number of amides is 2. The fraction of sp³-hybridized carbons (Fsp3) is 0.727. The number of methoxy groups -OCH3 is 2. The van der Waals surface area contributed by atoms with Gasteiger partial charge >= 0.3 is 12.1 Å². The number of alkyl carbamates (subject to hydrolysis) is 1. The maximum absolute atomic E-state index is 9.85. The van der Waals surface area contributed by atoms with Gasteiger partial charge in [-0.05, 0) is 12.5 Å². The molecule has 20 heavy (non-hydrogen) atoms. The van der Waals surface area contributed by atoms with Crippen LogP contribution in [0, 0.1) is 0 Å². The zero-order valence-electron chi connectivity index (χ0n) is 13.4. The molecule has 0 fully saturated rings. The third kappa shape index (κ3) is 68.4. The van der Waals surface area contributed by atoms with Gasteiger partial charge in [0, 0.05) is 27.9 Å². The Bertz CT molecular complexity index is 219. The normalized spacial score (nSPS) is 7.00. The minimum Gasteiger partial charge on any atom is -0.469 e. The van der Waals surface area contributed by atoms with Crippen molar-refractivity contribution in [1.82, 2.24) is 10.6 Å². The Morgan fingerprint density at radius 3 is 1.15 bits per heavy atom. The van der Waals surface area contributed by atoms with E-state index in [1.54, 1.807) is 28.6 Å². The minimum atomic E-state index is -0.407. The van der Waals surface area contributed by atoms with Crippen molar-refractivity contribution in [3.8, 4) is 0 Å². The lowest BCUT2D eigenvalue weighted by Crippen LogP contribution is -2.16. The molecule has 0 aromatic heterocycles. The lowest BCUT2D eigenvalue weighted by molar-refractivity contribution is -0.137. The molecule has 0 aliphatic heterocycles. The van der Waals surface area contributed by atoms with Gasteiger partial charge in [-0.1, -0.05) is 21.6 Å². The predicted octanol–water partition coefficient (Wildman–Crippen LogP) is 1.53. The zero-order valence-corrected chi connectivity index (χ0v) is 15.0. The van der Waals surface area contributed by atoms with Crippen molar-refractivity contribution in [2.45, 2.75) is 13.8 Å². The van der Waals surface area contributed by atoms with Crippen LogP contribution in [0.3, 0.4) is 0 Å². The Morgan fingerprint density at radius 2 is 1.15 bits per heavy atom. The van der Waals surface area contributed by atoms with Crippen LogP contribution in [0.1, 0.15) is 13.8 Å². The van der Waals surface area contributed by atoms with E-state index in [0.29, 0.717) is 0 Å². The van der Waals surface area contributed by atoms with E-state index >= 15 is 0 Å². The zero-order chi connectivity index (χ0) is 17.0. The van der Waals surface area contributed by atoms with Crippen LogP contribution in [0.4, 0.5) is 4.79 Å². The standard InChI is InChI=1S/C3H7NO2.C3H7NO.C3H6O2.C2H6S2/c1-4-3(5)6-2;1-3(5)4-2;1-3(4)5-2;1-3-4-2/h1-2H3,(H,4,5);1-2H3,(H,4,5);1-2H3;1-2H3. The fourth-order valence-electron chi connectivity index (χ4n) is 0.102. The third-order valence-corrected chi connectivity index (χ3v) is 2.53. The summed E-state index contributed by atoms with van der Waals surface area (Å²) >= 11 is 0. The number of carbonyl (C=O) groups is 3. The summed E-state index contributed by atoms with van der Waals surface area (Å²) in [5.41, 5.74) is 0. The maximum atomic E-state index is 9.85. The first-order valence-corrected chi connectivity index (χ1v) is 8.29. The van der Waals surface area contributed by atoms with E-state index < -0.39 is 6.09 Å². The first kappa shape index (κ1) is 27.3. The van der Waals surface area contributed by atoms with E-state index in [0.717, 1.165) is 0 Å². The second-order valence-corrected chi connectivity index (χ2v) is 5.24. The molecule has 0 unspecified atom stereocenters. The van der Waals surface area contributed by atoms with E-state index in [2.05, 4.69) is 32.6 Å². The number of carbonyl (C=O) groups excluding carboxylic acids is 3.